The van der Waals surface area contributed by atoms with Gasteiger partial charge in [-0.15, -0.1) is 11.3 Å². The molecule has 13 heteroatoms. The lowest BCUT2D eigenvalue weighted by Crippen LogP contribution is -2.49. The Morgan fingerprint density at radius 1 is 1.02 bits per heavy atom. The van der Waals surface area contributed by atoms with Crippen LogP contribution in [0.1, 0.15) is 68.9 Å². The van der Waals surface area contributed by atoms with Crippen molar-refractivity contribution in [2.75, 3.05) is 12.0 Å². The van der Waals surface area contributed by atoms with Crippen molar-refractivity contribution >= 4 is 85.1 Å². The third-order valence-corrected chi connectivity index (χ3v) is 15.4. The zero-order valence-electron chi connectivity index (χ0n) is 30.4. The first-order valence-electron chi connectivity index (χ1n) is 18.6. The van der Waals surface area contributed by atoms with E-state index in [4.69, 9.17) is 21.4 Å². The molecule has 1 N–H and O–H groups in total. The number of carbonyl (C=O) groups excluding carboxylic acids is 4. The minimum atomic E-state index is -1.25. The molecule has 4 amide bonds. The standard InChI is InChI=1S/C41H40ClIN4O6S/c1-19-25-16-21(42)10-13-31(25)54-36(19)29-18-32(45(3)44-29)47-38(50)27-17-26-23(11-12-24-33(26)39(51)46(37(24)49)22-8-6-5-7-9-22)34(41(27,2)40(47)52)20-14-28(43)35(48)30(15-20)53-4/h10-11,13-16,18,22,24,26-27,33-34,48H,5-9,12,17H2,1-4H3. The number of thiophene rings is 1. The number of halogens is 2. The molecule has 6 unspecified atom stereocenters. The highest BCUT2D eigenvalue weighted by atomic mass is 127. The Labute approximate surface area is 335 Å². The molecule has 4 aromatic rings. The number of phenols is 1. The van der Waals surface area contributed by atoms with Crippen molar-refractivity contribution in [1.29, 1.82) is 0 Å². The smallest absolute Gasteiger partial charge is 0.242 e. The van der Waals surface area contributed by atoms with Crippen molar-refractivity contribution in [2.45, 2.75) is 70.8 Å². The van der Waals surface area contributed by atoms with E-state index >= 15 is 4.79 Å². The van der Waals surface area contributed by atoms with Crippen molar-refractivity contribution in [3.8, 4) is 22.1 Å². The van der Waals surface area contributed by atoms with Crippen LogP contribution in [0.4, 0.5) is 5.82 Å². The summed E-state index contributed by atoms with van der Waals surface area (Å²) in [6.07, 6.45) is 7.46. The van der Waals surface area contributed by atoms with Gasteiger partial charge in [-0.2, -0.15) is 5.10 Å². The third-order valence-electron chi connectivity index (χ3n) is 13.1. The van der Waals surface area contributed by atoms with E-state index in [-0.39, 0.29) is 47.6 Å². The number of methoxy groups -OCH3 is 1. The van der Waals surface area contributed by atoms with Gasteiger partial charge in [0.1, 0.15) is 11.5 Å². The second-order valence-corrected chi connectivity index (χ2v) is 18.4. The van der Waals surface area contributed by atoms with E-state index in [2.05, 4.69) is 28.7 Å². The highest BCUT2D eigenvalue weighted by Gasteiger charge is 2.68. The first kappa shape index (κ1) is 35.9. The monoisotopic (exact) mass is 878 g/mol. The number of aryl methyl sites for hydroxylation is 2. The second-order valence-electron chi connectivity index (χ2n) is 15.8. The fourth-order valence-electron chi connectivity index (χ4n) is 10.5. The number of ether oxygens (including phenoxy) is 1. The van der Waals surface area contributed by atoms with Crippen molar-refractivity contribution in [1.82, 2.24) is 14.7 Å². The van der Waals surface area contributed by atoms with Crippen LogP contribution in [0, 0.1) is 39.6 Å². The molecule has 10 nitrogen and oxygen atoms in total. The van der Waals surface area contributed by atoms with Crippen molar-refractivity contribution in [2.24, 2.45) is 36.1 Å². The number of benzene rings is 2. The predicted octanol–water partition coefficient (Wildman–Crippen LogP) is 8.15. The molecule has 9 rings (SSSR count). The summed E-state index contributed by atoms with van der Waals surface area (Å²) < 4.78 is 8.79. The summed E-state index contributed by atoms with van der Waals surface area (Å²) in [5.74, 6) is -3.24. The number of hydrogen-bond acceptors (Lipinski definition) is 8. The SMILES string of the molecule is COc1cc(C2C3=CCC4C(=O)N(C5CCCCC5)C(=O)C4C3CC3C(=O)N(c4cc(-c5sc6ccc(Cl)cc6c5C)nn4C)C(=O)C32C)cc(I)c1O. The Balaban J connectivity index is 1.16. The normalized spacial score (nSPS) is 28.5. The Kier molecular flexibility index (Phi) is 8.59. The van der Waals surface area contributed by atoms with E-state index in [0.29, 0.717) is 32.1 Å². The first-order chi connectivity index (χ1) is 25.8. The van der Waals surface area contributed by atoms with Crippen LogP contribution in [0.2, 0.25) is 5.02 Å². The number of anilines is 1. The number of phenolic OH excluding ortho intramolecular Hbond substituents is 1. The van der Waals surface area contributed by atoms with Crippen LogP contribution < -0.4 is 9.64 Å². The lowest BCUT2D eigenvalue weighted by atomic mass is 9.51. The Bertz CT molecular complexity index is 2350. The summed E-state index contributed by atoms with van der Waals surface area (Å²) in [6, 6.07) is 11.1. The number of likely N-dealkylation sites (tertiary alicyclic amines) is 1. The molecule has 4 fully saturated rings. The average Bonchev–Trinajstić information content (AvgIpc) is 3.83. The molecule has 2 saturated carbocycles. The van der Waals surface area contributed by atoms with Gasteiger partial charge in [0.05, 0.1) is 38.7 Å². The van der Waals surface area contributed by atoms with Gasteiger partial charge in [-0.3, -0.25) is 28.8 Å². The zero-order chi connectivity index (χ0) is 38.0. The minimum Gasteiger partial charge on any atom is -0.504 e. The van der Waals surface area contributed by atoms with Crippen LogP contribution in [-0.2, 0) is 26.2 Å². The molecule has 2 aromatic heterocycles. The molecule has 2 aromatic carbocycles. The number of hydrogen-bond donors (Lipinski definition) is 1. The van der Waals surface area contributed by atoms with Crippen molar-refractivity contribution in [3.63, 3.8) is 0 Å². The van der Waals surface area contributed by atoms with Crippen LogP contribution in [-0.4, -0.2) is 56.6 Å². The zero-order valence-corrected chi connectivity index (χ0v) is 34.1. The number of amides is 4. The molecule has 2 aliphatic heterocycles. The highest BCUT2D eigenvalue weighted by Crippen LogP contribution is 2.64. The molecule has 280 valence electrons. The van der Waals surface area contributed by atoms with Crippen LogP contribution >= 0.6 is 45.5 Å². The van der Waals surface area contributed by atoms with Crippen LogP contribution in [0.5, 0.6) is 11.5 Å². The summed E-state index contributed by atoms with van der Waals surface area (Å²) in [4.78, 5) is 62.4. The van der Waals surface area contributed by atoms with Gasteiger partial charge in [0.15, 0.2) is 11.5 Å². The molecule has 2 saturated heterocycles. The fraction of sp³-hybridized carbons (Fsp3) is 0.439. The van der Waals surface area contributed by atoms with E-state index in [1.165, 1.54) is 12.0 Å². The first-order valence-corrected chi connectivity index (χ1v) is 20.9. The maximum absolute atomic E-state index is 15.2. The Hall–Kier alpha value is -3.75. The van der Waals surface area contributed by atoms with Gasteiger partial charge < -0.3 is 9.84 Å². The Morgan fingerprint density at radius 2 is 1.78 bits per heavy atom. The number of allylic oxidation sites excluding steroid dienone is 2. The molecule has 0 radical (unpaired) electrons. The number of rotatable bonds is 5. The van der Waals surface area contributed by atoms with E-state index in [1.807, 2.05) is 38.1 Å². The van der Waals surface area contributed by atoms with Crippen molar-refractivity contribution < 1.29 is 29.0 Å². The molecular weight excluding hydrogens is 839 g/mol. The largest absolute Gasteiger partial charge is 0.504 e. The molecule has 6 atom stereocenters. The van der Waals surface area contributed by atoms with E-state index in [0.717, 1.165) is 58.2 Å². The van der Waals surface area contributed by atoms with Gasteiger partial charge in [-0.25, -0.2) is 4.90 Å². The van der Waals surface area contributed by atoms with Crippen molar-refractivity contribution in [3.05, 3.63) is 67.8 Å². The molecule has 3 aliphatic carbocycles. The molecule has 0 bridgehead atoms. The summed E-state index contributed by atoms with van der Waals surface area (Å²) in [7, 11) is 3.22. The number of imide groups is 2. The maximum atomic E-state index is 15.2. The average molecular weight is 879 g/mol. The minimum absolute atomic E-state index is 0.00930. The predicted molar refractivity (Wildman–Crippen MR) is 214 cm³/mol. The van der Waals surface area contributed by atoms with Gasteiger partial charge in [-0.05, 0) is 115 Å². The van der Waals surface area contributed by atoms with Gasteiger partial charge in [0, 0.05) is 34.8 Å². The van der Waals surface area contributed by atoms with Crippen LogP contribution in [0.15, 0.2) is 48.0 Å². The van der Waals surface area contributed by atoms with Gasteiger partial charge in [-0.1, -0.05) is 42.5 Å². The highest BCUT2D eigenvalue weighted by molar-refractivity contribution is 14.1. The number of fused-ring (bicyclic) bond motifs is 5. The summed E-state index contributed by atoms with van der Waals surface area (Å²) in [6.45, 7) is 3.89. The molecular formula is C41H40ClIN4O6S. The van der Waals surface area contributed by atoms with Crippen LogP contribution in [0.25, 0.3) is 20.7 Å². The number of aromatic hydroxyl groups is 1. The number of carbonyl (C=O) groups is 4. The van der Waals surface area contributed by atoms with E-state index in [9.17, 15) is 19.5 Å². The molecule has 54 heavy (non-hydrogen) atoms. The van der Waals surface area contributed by atoms with Gasteiger partial charge in [0.25, 0.3) is 0 Å². The summed E-state index contributed by atoms with van der Waals surface area (Å²) >= 11 is 9.97. The molecule has 0 spiro atoms. The summed E-state index contributed by atoms with van der Waals surface area (Å²) in [5.41, 5.74) is 2.03. The van der Waals surface area contributed by atoms with Gasteiger partial charge >= 0.3 is 0 Å². The van der Waals surface area contributed by atoms with E-state index < -0.39 is 35.0 Å². The van der Waals surface area contributed by atoms with Crippen LogP contribution in [0.3, 0.4) is 0 Å². The Morgan fingerprint density at radius 3 is 2.52 bits per heavy atom. The lowest BCUT2D eigenvalue weighted by Gasteiger charge is -2.49. The fourth-order valence-corrected chi connectivity index (χ4v) is 12.4. The number of aromatic nitrogens is 2. The topological polar surface area (TPSA) is 122 Å². The third kappa shape index (κ3) is 5.04. The molecule has 4 heterocycles. The second kappa shape index (κ2) is 12.9. The van der Waals surface area contributed by atoms with E-state index in [1.54, 1.807) is 40.1 Å². The maximum Gasteiger partial charge on any atom is 0.242 e. The lowest BCUT2D eigenvalue weighted by molar-refractivity contribution is -0.144. The molecule has 5 aliphatic rings. The summed E-state index contributed by atoms with van der Waals surface area (Å²) in [5, 5.41) is 17.3. The van der Waals surface area contributed by atoms with Gasteiger partial charge in [0.2, 0.25) is 23.6 Å². The number of nitrogens with zero attached hydrogens (tertiary/aromatic N) is 4. The quantitative estimate of drug-likeness (QED) is 0.122.